The fourth-order valence-corrected chi connectivity index (χ4v) is 24.7. The molecule has 0 amide bonds. The minimum Gasteiger partial charge on any atom is -0.423 e. The van der Waals surface area contributed by atoms with Gasteiger partial charge >= 0.3 is 7.12 Å². The van der Waals surface area contributed by atoms with Crippen molar-refractivity contribution in [1.29, 1.82) is 0 Å². The largest absolute Gasteiger partial charge is 0.488 e. The van der Waals surface area contributed by atoms with E-state index in [1.807, 2.05) is 54.9 Å². The van der Waals surface area contributed by atoms with Crippen molar-refractivity contribution in [1.82, 2.24) is 9.97 Å². The standard InChI is InChI=1S/C22H22BrN.4C18H15P.C12H10BrN.C10H14BBrO2.Pd/c1-15-14-24-21(13-20(15)16-8-6-5-7-9-16)17-10-18(22(2,3)4)12-19(23)11-17;4*1-4-10-16(11-5-1)19(17-12-6-2-7-13-17)18-14-8-3-9-15-18;1-9-8-14-12(13)7-11(9)10-5-3-2-4-6-10;1-10(2,3)7-4-8(11(13)14)6-9(12)5-7;/h5-14H,1-4H3;4*1-15H;2-8H,1H3;4-6,13-14H,1-3H3;. The van der Waals surface area contributed by atoms with Crippen LogP contribution < -0.4 is 69.1 Å². The minimum atomic E-state index is -1.41. The topological polar surface area (TPSA) is 66.2 Å². The van der Waals surface area contributed by atoms with Crippen LogP contribution in [0.5, 0.6) is 0 Å². The number of halogens is 3. The number of benzene rings is 16. The van der Waals surface area contributed by atoms with Gasteiger partial charge in [-0.3, -0.25) is 4.98 Å². The van der Waals surface area contributed by atoms with Gasteiger partial charge in [-0.1, -0.05) is 504 Å². The van der Waals surface area contributed by atoms with Crippen LogP contribution in [-0.2, 0) is 31.3 Å². The average molecular weight is 2040 g/mol. The summed E-state index contributed by atoms with van der Waals surface area (Å²) < 4.78 is 2.84. The molecule has 0 bridgehead atoms. The average Bonchev–Trinajstić information content (AvgIpc) is 0.828. The second-order valence-electron chi connectivity index (χ2n) is 32.2. The first-order valence-corrected chi connectivity index (χ1v) is 50.5. The van der Waals surface area contributed by atoms with Gasteiger partial charge in [0.05, 0.1) is 5.69 Å². The molecule has 16 aromatic carbocycles. The smallest absolute Gasteiger partial charge is 0.423 e. The second-order valence-corrected chi connectivity index (χ2v) is 43.7. The van der Waals surface area contributed by atoms with E-state index in [4.69, 9.17) is 10.0 Å². The first-order valence-electron chi connectivity index (χ1n) is 42.7. The Morgan fingerprint density at radius 1 is 0.240 bits per heavy atom. The predicted molar refractivity (Wildman–Crippen MR) is 572 cm³/mol. The van der Waals surface area contributed by atoms with Crippen molar-refractivity contribution in [3.05, 3.63) is 521 Å². The molecule has 0 saturated heterocycles. The van der Waals surface area contributed by atoms with Crippen LogP contribution in [0.1, 0.15) is 63.8 Å². The Morgan fingerprint density at radius 3 is 0.682 bits per heavy atom. The molecule has 0 aliphatic rings. The van der Waals surface area contributed by atoms with Crippen LogP contribution in [0.2, 0.25) is 0 Å². The molecule has 0 unspecified atom stereocenters. The van der Waals surface area contributed by atoms with Gasteiger partial charge in [-0.15, -0.1) is 0 Å². The van der Waals surface area contributed by atoms with Crippen molar-refractivity contribution in [3.63, 3.8) is 0 Å². The van der Waals surface area contributed by atoms with E-state index in [1.165, 1.54) is 103 Å². The third-order valence-corrected chi connectivity index (χ3v) is 31.8. The Kier molecular flexibility index (Phi) is 39.4. The molecule has 0 radical (unpaired) electrons. The molecule has 0 spiro atoms. The van der Waals surface area contributed by atoms with Gasteiger partial charge in [-0.05, 0) is 228 Å². The summed E-state index contributed by atoms with van der Waals surface area (Å²) in [6.07, 6.45) is 3.85. The molecule has 18 aromatic rings. The number of hydrogen-bond donors (Lipinski definition) is 2. The first kappa shape index (κ1) is 99.2. The van der Waals surface area contributed by atoms with E-state index >= 15 is 0 Å². The molecule has 4 nitrogen and oxygen atoms in total. The summed E-state index contributed by atoms with van der Waals surface area (Å²) in [7, 11) is -3.19. The fraction of sp³-hybridized carbons (Fsp3) is 0.0862. The summed E-state index contributed by atoms with van der Waals surface area (Å²) in [4.78, 5) is 8.86. The molecule has 2 heterocycles. The maximum Gasteiger partial charge on any atom is 0.488 e. The molecule has 0 saturated carbocycles. The Labute approximate surface area is 809 Å². The summed E-state index contributed by atoms with van der Waals surface area (Å²) in [6.45, 7) is 17.1. The van der Waals surface area contributed by atoms with E-state index in [1.54, 1.807) is 6.07 Å². The molecule has 18 rings (SSSR count). The second kappa shape index (κ2) is 51.3. The number of aromatic nitrogens is 2. The van der Waals surface area contributed by atoms with Gasteiger partial charge < -0.3 is 10.0 Å². The quantitative estimate of drug-likeness (QED) is 0.0575. The normalized spacial score (nSPS) is 10.7. The zero-order chi connectivity index (χ0) is 89.9. The monoisotopic (exact) mass is 2040 g/mol. The summed E-state index contributed by atoms with van der Waals surface area (Å²) in [5.74, 6) is 0. The molecule has 0 aliphatic heterocycles. The van der Waals surface area contributed by atoms with Crippen LogP contribution in [0.25, 0.3) is 33.5 Å². The molecule has 0 fully saturated rings. The maximum atomic E-state index is 9.07. The van der Waals surface area contributed by atoms with Crippen molar-refractivity contribution in [2.75, 3.05) is 0 Å². The summed E-state index contributed by atoms with van der Waals surface area (Å²) >= 11 is 10.4. The van der Waals surface area contributed by atoms with E-state index in [-0.39, 0.29) is 31.3 Å². The van der Waals surface area contributed by atoms with Gasteiger partial charge in [0, 0.05) is 47.3 Å². The third kappa shape index (κ3) is 30.4. The Bertz CT molecular complexity index is 5430. The van der Waals surface area contributed by atoms with E-state index in [9.17, 15) is 0 Å². The van der Waals surface area contributed by atoms with E-state index in [0.29, 0.717) is 5.46 Å². The maximum absolute atomic E-state index is 9.07. The summed E-state index contributed by atoms with van der Waals surface area (Å²) in [6, 6.07) is 166. The summed E-state index contributed by atoms with van der Waals surface area (Å²) in [5.41, 5.74) is 12.5. The van der Waals surface area contributed by atoms with Crippen molar-refractivity contribution < 1.29 is 30.5 Å². The molecule has 13 heteroatoms. The van der Waals surface area contributed by atoms with Crippen LogP contribution in [0.15, 0.2) is 499 Å². The van der Waals surface area contributed by atoms with Gasteiger partial charge in [-0.25, -0.2) is 4.98 Å². The third-order valence-electron chi connectivity index (χ3n) is 20.7. The molecule has 129 heavy (non-hydrogen) atoms. The van der Waals surface area contributed by atoms with Crippen molar-refractivity contribution in [3.8, 4) is 33.5 Å². The molecule has 0 atom stereocenters. The van der Waals surface area contributed by atoms with Gasteiger partial charge in [0.15, 0.2) is 0 Å². The number of aryl methyl sites for hydroxylation is 2. The molecule has 2 N–H and O–H groups in total. The van der Waals surface area contributed by atoms with Crippen LogP contribution in [0.3, 0.4) is 0 Å². The van der Waals surface area contributed by atoms with Crippen LogP contribution in [-0.4, -0.2) is 27.1 Å². The molecule has 0 aliphatic carbocycles. The van der Waals surface area contributed by atoms with Crippen LogP contribution in [0, 0.1) is 13.8 Å². The van der Waals surface area contributed by atoms with Gasteiger partial charge in [0.25, 0.3) is 0 Å². The molecule has 646 valence electrons. The number of rotatable bonds is 16. The van der Waals surface area contributed by atoms with Gasteiger partial charge in [0.2, 0.25) is 0 Å². The van der Waals surface area contributed by atoms with Crippen LogP contribution in [0.4, 0.5) is 0 Å². The SMILES string of the molecule is CC(C)(C)c1cc(Br)cc(B(O)O)c1.Cc1cnc(-c2cc(Br)cc(C(C)(C)C)c2)cc1-c1ccccc1.Cc1cnc(Br)cc1-c1ccccc1.[Pd].c1ccc(P(c2ccccc2)c2ccccc2)cc1.c1ccc(P(c2ccccc2)c2ccccc2)cc1.c1ccc(P(c2ccccc2)c2ccccc2)cc1.c1ccc(P(c2ccccc2)c2ccccc2)cc1. The minimum absolute atomic E-state index is 0. The number of nitrogens with zero attached hydrogens (tertiary/aromatic N) is 2. The zero-order valence-electron chi connectivity index (χ0n) is 73.8. The van der Waals surface area contributed by atoms with Gasteiger partial charge in [0.1, 0.15) is 4.60 Å². The fourth-order valence-electron chi connectivity index (χ4n) is 14.1. The van der Waals surface area contributed by atoms with Crippen molar-refractivity contribution in [2.24, 2.45) is 0 Å². The van der Waals surface area contributed by atoms with E-state index in [0.717, 1.165) is 30.4 Å². The van der Waals surface area contributed by atoms with Crippen molar-refractivity contribution >= 4 is 156 Å². The Morgan fingerprint density at radius 2 is 0.450 bits per heavy atom. The zero-order valence-corrected chi connectivity index (χ0v) is 83.7. The molecular formula is C116H106BBr3N2O2P4Pd. The van der Waals surface area contributed by atoms with Gasteiger partial charge in [-0.2, -0.15) is 0 Å². The first-order chi connectivity index (χ1) is 62.2. The number of hydrogen-bond acceptors (Lipinski definition) is 4. The number of pyridine rings is 2. The summed E-state index contributed by atoms with van der Waals surface area (Å²) in [5, 5.41) is 34.9. The molecular weight excluding hydrogens is 1930 g/mol. The Balaban J connectivity index is 0.000000146. The van der Waals surface area contributed by atoms with E-state index < -0.39 is 38.8 Å². The van der Waals surface area contributed by atoms with Crippen molar-refractivity contribution in [2.45, 2.75) is 66.2 Å². The molecule has 2 aromatic heterocycles. The van der Waals surface area contributed by atoms with Crippen LogP contribution >= 0.6 is 79.5 Å². The predicted octanol–water partition coefficient (Wildman–Crippen LogP) is 25.8. The Hall–Kier alpha value is -10.4. The van der Waals surface area contributed by atoms with E-state index in [2.05, 4.69) is 538 Å².